The van der Waals surface area contributed by atoms with E-state index in [1.807, 2.05) is 0 Å². The Morgan fingerprint density at radius 1 is 1.08 bits per heavy atom. The van der Waals surface area contributed by atoms with Crippen molar-refractivity contribution in [3.63, 3.8) is 0 Å². The second-order valence-corrected chi connectivity index (χ2v) is 8.46. The Balaban J connectivity index is 3.54. The molecule has 0 amide bonds. The molecule has 0 saturated heterocycles. The molecular formula is C16H32O6PS-. The van der Waals surface area contributed by atoms with E-state index in [1.54, 1.807) is 0 Å². The van der Waals surface area contributed by atoms with Gasteiger partial charge in [-0.1, -0.05) is 58.3 Å². The Morgan fingerprint density at radius 2 is 1.62 bits per heavy atom. The lowest BCUT2D eigenvalue weighted by molar-refractivity contribution is -0.206. The molecule has 2 atom stereocenters. The van der Waals surface area contributed by atoms with E-state index >= 15 is 0 Å². The molecule has 144 valence electrons. The molecule has 0 aliphatic carbocycles. The Bertz CT molecular complexity index is 311. The van der Waals surface area contributed by atoms with Crippen molar-refractivity contribution in [3.8, 4) is 0 Å². The van der Waals surface area contributed by atoms with Crippen LogP contribution < -0.4 is 4.89 Å². The number of carbonyl (C=O) groups excluding carboxylic acids is 1. The predicted molar refractivity (Wildman–Crippen MR) is 96.1 cm³/mol. The van der Waals surface area contributed by atoms with Crippen LogP contribution in [0.5, 0.6) is 0 Å². The van der Waals surface area contributed by atoms with Crippen molar-refractivity contribution >= 4 is 25.4 Å². The fraction of sp³-hybridized carbons (Fsp3) is 0.938. The first-order valence-corrected chi connectivity index (χ1v) is 11.3. The van der Waals surface area contributed by atoms with Gasteiger partial charge in [0, 0.05) is 13.5 Å². The molecule has 0 spiro atoms. The molecule has 6 nitrogen and oxygen atoms in total. The summed E-state index contributed by atoms with van der Waals surface area (Å²) in [7, 11) is -2.54. The van der Waals surface area contributed by atoms with Crippen LogP contribution in [0.2, 0.25) is 0 Å². The second kappa shape index (κ2) is 15.4. The molecule has 2 unspecified atom stereocenters. The molecule has 0 aliphatic heterocycles. The van der Waals surface area contributed by atoms with E-state index in [4.69, 9.17) is 14.4 Å². The van der Waals surface area contributed by atoms with Crippen LogP contribution in [0.1, 0.15) is 71.1 Å². The number of ether oxygens (including phenoxy) is 2. The summed E-state index contributed by atoms with van der Waals surface area (Å²) in [6.45, 7) is 2.02. The van der Waals surface area contributed by atoms with Gasteiger partial charge >= 0.3 is 5.97 Å². The first kappa shape index (κ1) is 24.1. The van der Waals surface area contributed by atoms with E-state index in [0.717, 1.165) is 19.3 Å². The highest BCUT2D eigenvalue weighted by Crippen LogP contribution is 2.42. The number of carbonyl (C=O) groups is 1. The SMILES string of the molecule is CCCCCCCCCCCC(=O)OCC(CO[P+]([O-])(O)[S-])OC. The minimum Gasteiger partial charge on any atom is -0.649 e. The van der Waals surface area contributed by atoms with Gasteiger partial charge in [0.1, 0.15) is 26.5 Å². The van der Waals surface area contributed by atoms with Gasteiger partial charge in [0.05, 0.1) is 0 Å². The molecule has 0 aliphatic rings. The van der Waals surface area contributed by atoms with Crippen LogP contribution in [-0.4, -0.2) is 37.3 Å². The van der Waals surface area contributed by atoms with E-state index in [-0.39, 0.29) is 19.2 Å². The molecule has 0 saturated carbocycles. The maximum Gasteiger partial charge on any atom is 0.305 e. The summed E-state index contributed by atoms with van der Waals surface area (Å²) >= 11 is 4.23. The number of rotatable bonds is 16. The zero-order chi connectivity index (χ0) is 18.3. The molecule has 0 radical (unpaired) electrons. The van der Waals surface area contributed by atoms with Crippen LogP contribution in [0.15, 0.2) is 0 Å². The monoisotopic (exact) mass is 383 g/mol. The lowest BCUT2D eigenvalue weighted by atomic mass is 10.1. The predicted octanol–water partition coefficient (Wildman–Crippen LogP) is 3.06. The number of hydrogen-bond acceptors (Lipinski definition) is 7. The Morgan fingerprint density at radius 3 is 2.12 bits per heavy atom. The fourth-order valence-electron chi connectivity index (χ4n) is 2.20. The summed E-state index contributed by atoms with van der Waals surface area (Å²) in [6, 6.07) is 0. The van der Waals surface area contributed by atoms with Crippen molar-refractivity contribution < 1.29 is 28.6 Å². The summed E-state index contributed by atoms with van der Waals surface area (Å²) in [5.41, 5.74) is 0. The van der Waals surface area contributed by atoms with E-state index < -0.39 is 13.2 Å². The van der Waals surface area contributed by atoms with Crippen LogP contribution in [0, 0.1) is 0 Å². The molecule has 24 heavy (non-hydrogen) atoms. The van der Waals surface area contributed by atoms with Gasteiger partial charge in [-0.25, -0.2) is 9.42 Å². The van der Waals surface area contributed by atoms with Gasteiger partial charge < -0.3 is 26.6 Å². The van der Waals surface area contributed by atoms with Gasteiger partial charge in [-0.15, -0.1) is 0 Å². The maximum absolute atomic E-state index is 11.6. The van der Waals surface area contributed by atoms with Gasteiger partial charge in [-0.3, -0.25) is 4.79 Å². The lowest BCUT2D eigenvalue weighted by Crippen LogP contribution is -2.27. The van der Waals surface area contributed by atoms with Crippen LogP contribution in [0.3, 0.4) is 0 Å². The first-order valence-electron chi connectivity index (χ1n) is 8.75. The van der Waals surface area contributed by atoms with Gasteiger partial charge in [0.25, 0.3) is 0 Å². The summed E-state index contributed by atoms with van der Waals surface area (Å²) in [5, 5.41) is 0. The molecule has 0 aromatic rings. The molecule has 0 heterocycles. The highest BCUT2D eigenvalue weighted by atomic mass is 32.7. The van der Waals surface area contributed by atoms with Gasteiger partial charge in [-0.05, 0) is 6.42 Å². The third-order valence-corrected chi connectivity index (χ3v) is 4.46. The number of unbranched alkanes of at least 4 members (excludes halogenated alkanes) is 8. The molecule has 8 heteroatoms. The maximum atomic E-state index is 11.6. The standard InChI is InChI=1S/C16H33O6PS/c1-3-4-5-6-7-8-9-10-11-12-16(17)21-13-15(20-2)14-22-23(18,19)24/h15H,3-14H2,1-2H3,(H2,18,19,24)/p-1. The normalized spacial score (nSPS) is 15.0. The first-order chi connectivity index (χ1) is 11.4. The van der Waals surface area contributed by atoms with Crippen molar-refractivity contribution in [2.45, 2.75) is 77.2 Å². The van der Waals surface area contributed by atoms with Crippen LogP contribution in [-0.2, 0) is 31.0 Å². The zero-order valence-electron chi connectivity index (χ0n) is 14.9. The Hall–Kier alpha value is 0.0900. The molecule has 1 N–H and O–H groups in total. The summed E-state index contributed by atoms with van der Waals surface area (Å²) in [4.78, 5) is 31.4. The third kappa shape index (κ3) is 16.9. The molecule has 0 fully saturated rings. The average molecular weight is 383 g/mol. The Kier molecular flexibility index (Phi) is 15.4. The van der Waals surface area contributed by atoms with Gasteiger partial charge in [0.15, 0.2) is 0 Å². The number of methoxy groups -OCH3 is 1. The average Bonchev–Trinajstić information content (AvgIpc) is 2.52. The van der Waals surface area contributed by atoms with Crippen LogP contribution in [0.4, 0.5) is 0 Å². The van der Waals surface area contributed by atoms with E-state index in [9.17, 15) is 9.69 Å². The summed E-state index contributed by atoms with van der Waals surface area (Å²) in [5.74, 6) is -0.287. The highest BCUT2D eigenvalue weighted by molar-refractivity contribution is 8.34. The number of hydrogen-bond donors (Lipinski definition) is 1. The van der Waals surface area contributed by atoms with Crippen LogP contribution >= 0.6 is 7.15 Å². The van der Waals surface area contributed by atoms with Gasteiger partial charge in [-0.2, -0.15) is 0 Å². The Labute approximate surface area is 152 Å². The van der Waals surface area contributed by atoms with E-state index in [2.05, 4.69) is 23.7 Å². The zero-order valence-corrected chi connectivity index (χ0v) is 16.6. The minimum absolute atomic E-state index is 0.0118. The minimum atomic E-state index is -3.96. The van der Waals surface area contributed by atoms with Crippen molar-refractivity contribution in [3.05, 3.63) is 0 Å². The van der Waals surface area contributed by atoms with E-state index in [1.165, 1.54) is 45.6 Å². The smallest absolute Gasteiger partial charge is 0.305 e. The summed E-state index contributed by atoms with van der Waals surface area (Å²) in [6.07, 6.45) is 10.5. The van der Waals surface area contributed by atoms with Crippen molar-refractivity contribution in [2.24, 2.45) is 0 Å². The molecule has 0 rings (SSSR count). The third-order valence-electron chi connectivity index (χ3n) is 3.67. The lowest BCUT2D eigenvalue weighted by Gasteiger charge is -2.28. The van der Waals surface area contributed by atoms with Crippen LogP contribution in [0.25, 0.3) is 0 Å². The van der Waals surface area contributed by atoms with Crippen molar-refractivity contribution in [1.82, 2.24) is 0 Å². The highest BCUT2D eigenvalue weighted by Gasteiger charge is 2.16. The largest absolute Gasteiger partial charge is 0.649 e. The second-order valence-electron chi connectivity index (χ2n) is 5.88. The van der Waals surface area contributed by atoms with E-state index in [0.29, 0.717) is 6.42 Å². The van der Waals surface area contributed by atoms with Crippen molar-refractivity contribution in [1.29, 1.82) is 0 Å². The molecule has 0 aromatic carbocycles. The molecular weight excluding hydrogens is 351 g/mol. The quantitative estimate of drug-likeness (QED) is 0.190. The fourth-order valence-corrected chi connectivity index (χ4v) is 2.74. The topological polar surface area (TPSA) is 88.1 Å². The summed E-state index contributed by atoms with van der Waals surface area (Å²) < 4.78 is 14.7. The van der Waals surface area contributed by atoms with Crippen molar-refractivity contribution in [2.75, 3.05) is 20.3 Å². The van der Waals surface area contributed by atoms with Gasteiger partial charge in [0.2, 0.25) is 0 Å². The molecule has 0 bridgehead atoms. The molecule has 0 aromatic heterocycles. The number of esters is 1.